The van der Waals surface area contributed by atoms with Gasteiger partial charge in [-0.1, -0.05) is 35.7 Å². The normalized spacial score (nSPS) is 16.5. The van der Waals surface area contributed by atoms with Crippen LogP contribution in [0.5, 0.6) is 0 Å². The largest absolute Gasteiger partial charge is 0.314 e. The summed E-state index contributed by atoms with van der Waals surface area (Å²) in [7, 11) is 0. The van der Waals surface area contributed by atoms with Gasteiger partial charge in [0, 0.05) is 42.3 Å². The van der Waals surface area contributed by atoms with Gasteiger partial charge in [-0.25, -0.2) is 8.78 Å². The summed E-state index contributed by atoms with van der Waals surface area (Å²) in [4.78, 5) is 2.20. The fourth-order valence-corrected chi connectivity index (χ4v) is 3.17. The van der Waals surface area contributed by atoms with Crippen molar-refractivity contribution < 1.29 is 8.78 Å². The van der Waals surface area contributed by atoms with Crippen molar-refractivity contribution in [2.45, 2.75) is 32.2 Å². The van der Waals surface area contributed by atoms with Crippen molar-refractivity contribution in [1.29, 1.82) is 0 Å². The lowest BCUT2D eigenvalue weighted by Crippen LogP contribution is -2.45. The van der Waals surface area contributed by atoms with Crippen molar-refractivity contribution in [2.24, 2.45) is 0 Å². The molecule has 1 heterocycles. The van der Waals surface area contributed by atoms with E-state index in [4.69, 9.17) is 0 Å². The van der Waals surface area contributed by atoms with E-state index >= 15 is 0 Å². The van der Waals surface area contributed by atoms with Crippen molar-refractivity contribution in [3.63, 3.8) is 0 Å². The molecule has 0 spiro atoms. The highest BCUT2D eigenvalue weighted by Gasteiger charge is 2.27. The fraction of sp³-hybridized carbons (Fsp3) is 0.600. The Morgan fingerprint density at radius 1 is 1.18 bits per heavy atom. The minimum atomic E-state index is -0.448. The molecular weight excluding hydrogens is 397 g/mol. The lowest BCUT2D eigenvalue weighted by molar-refractivity contribution is 0.156. The number of nitrogens with zero attached hydrogens (tertiary/aromatic N) is 1. The number of hydrogen-bond acceptors (Lipinski definition) is 2. The van der Waals surface area contributed by atoms with Gasteiger partial charge >= 0.3 is 0 Å². The average Bonchev–Trinajstić information content (AvgIpc) is 2.42. The number of hydrogen-bond donors (Lipinski definition) is 1. The molecule has 0 saturated carbocycles. The van der Waals surface area contributed by atoms with E-state index in [-0.39, 0.29) is 36.4 Å². The van der Waals surface area contributed by atoms with Crippen LogP contribution >= 0.6 is 40.7 Å². The van der Waals surface area contributed by atoms with Crippen molar-refractivity contribution in [1.82, 2.24) is 10.2 Å². The first-order valence-electron chi connectivity index (χ1n) is 7.22. The minimum absolute atomic E-state index is 0. The van der Waals surface area contributed by atoms with Crippen LogP contribution in [0.15, 0.2) is 16.6 Å². The summed E-state index contributed by atoms with van der Waals surface area (Å²) in [5, 5.41) is 3.28. The Morgan fingerprint density at radius 2 is 1.73 bits per heavy atom. The lowest BCUT2D eigenvalue weighted by atomic mass is 9.97. The van der Waals surface area contributed by atoms with Crippen molar-refractivity contribution in [3.8, 4) is 0 Å². The molecule has 1 N–H and O–H groups in total. The Bertz CT molecular complexity index is 434. The standard InChI is InChI=1S/C15H21BrF2N2.2ClH/c1-2-3-4-14(20-7-5-19-6-8-20)15-12(17)9-11(16)10-13(15)18;;/h9-10,14,19H,2-8H2,1H3;2*1H/t14-;;/m0../s1. The Hall–Kier alpha value is 0.0600. The van der Waals surface area contributed by atoms with Crippen molar-refractivity contribution in [3.05, 3.63) is 33.8 Å². The fourth-order valence-electron chi connectivity index (χ4n) is 2.77. The first-order valence-corrected chi connectivity index (χ1v) is 8.02. The van der Waals surface area contributed by atoms with Crippen LogP contribution in [0.1, 0.15) is 37.8 Å². The van der Waals surface area contributed by atoms with E-state index in [1.165, 1.54) is 12.1 Å². The number of halogens is 5. The summed E-state index contributed by atoms with van der Waals surface area (Å²) in [6, 6.07) is 2.56. The zero-order chi connectivity index (χ0) is 14.5. The zero-order valence-corrected chi connectivity index (χ0v) is 15.8. The Morgan fingerprint density at radius 3 is 2.23 bits per heavy atom. The maximum absolute atomic E-state index is 14.2. The van der Waals surface area contributed by atoms with E-state index < -0.39 is 11.6 Å². The predicted molar refractivity (Wildman–Crippen MR) is 95.3 cm³/mol. The second kappa shape index (κ2) is 10.8. The summed E-state index contributed by atoms with van der Waals surface area (Å²) >= 11 is 3.14. The number of benzene rings is 1. The lowest BCUT2D eigenvalue weighted by Gasteiger charge is -2.35. The van der Waals surface area contributed by atoms with Crippen molar-refractivity contribution in [2.75, 3.05) is 26.2 Å². The molecule has 0 radical (unpaired) electrons. The third-order valence-corrected chi connectivity index (χ3v) is 4.26. The second-order valence-electron chi connectivity index (χ2n) is 5.23. The highest BCUT2D eigenvalue weighted by atomic mass is 79.9. The van der Waals surface area contributed by atoms with E-state index in [9.17, 15) is 8.78 Å². The summed E-state index contributed by atoms with van der Waals surface area (Å²) in [6.45, 7) is 5.53. The van der Waals surface area contributed by atoms with E-state index in [1.54, 1.807) is 0 Å². The van der Waals surface area contributed by atoms with Gasteiger partial charge < -0.3 is 5.32 Å². The Balaban J connectivity index is 0.00000220. The second-order valence-corrected chi connectivity index (χ2v) is 6.14. The Labute approximate surface area is 152 Å². The summed E-state index contributed by atoms with van der Waals surface area (Å²) in [5.41, 5.74) is 0.226. The van der Waals surface area contributed by atoms with Crippen LogP contribution in [0.2, 0.25) is 0 Å². The summed E-state index contributed by atoms with van der Waals surface area (Å²) in [5.74, 6) is -0.895. The molecule has 0 amide bonds. The van der Waals surface area contributed by atoms with Gasteiger partial charge in [0.15, 0.2) is 0 Å². The molecule has 0 unspecified atom stereocenters. The molecule has 1 aliphatic rings. The first kappa shape index (κ1) is 22.1. The van der Waals surface area contributed by atoms with Gasteiger partial charge in [0.2, 0.25) is 0 Å². The molecule has 1 saturated heterocycles. The molecule has 1 fully saturated rings. The summed E-state index contributed by atoms with van der Waals surface area (Å²) in [6.07, 6.45) is 2.80. The smallest absolute Gasteiger partial charge is 0.132 e. The van der Waals surface area contributed by atoms with Gasteiger partial charge in [0.1, 0.15) is 11.6 Å². The highest BCUT2D eigenvalue weighted by molar-refractivity contribution is 9.10. The molecule has 1 aliphatic heterocycles. The summed E-state index contributed by atoms with van der Waals surface area (Å²) < 4.78 is 28.9. The molecule has 1 aromatic rings. The molecule has 2 rings (SSSR count). The van der Waals surface area contributed by atoms with Crippen LogP contribution in [0.3, 0.4) is 0 Å². The van der Waals surface area contributed by atoms with E-state index in [1.807, 2.05) is 0 Å². The monoisotopic (exact) mass is 418 g/mol. The van der Waals surface area contributed by atoms with Crippen LogP contribution in [-0.2, 0) is 0 Å². The Kier molecular flexibility index (Phi) is 10.8. The zero-order valence-electron chi connectivity index (χ0n) is 12.6. The van der Waals surface area contributed by atoms with Crippen LogP contribution in [0.25, 0.3) is 0 Å². The number of piperazine rings is 1. The third-order valence-electron chi connectivity index (χ3n) is 3.80. The van der Waals surface area contributed by atoms with Crippen LogP contribution in [-0.4, -0.2) is 31.1 Å². The van der Waals surface area contributed by atoms with Crippen LogP contribution < -0.4 is 5.32 Å². The topological polar surface area (TPSA) is 15.3 Å². The third kappa shape index (κ3) is 5.60. The molecule has 0 aromatic heterocycles. The first-order chi connectivity index (χ1) is 9.63. The molecule has 1 aromatic carbocycles. The number of nitrogens with one attached hydrogen (secondary N) is 1. The molecule has 0 bridgehead atoms. The van der Waals surface area contributed by atoms with Gasteiger partial charge in [-0.05, 0) is 18.6 Å². The molecule has 1 atom stereocenters. The average molecular weight is 420 g/mol. The van der Waals surface area contributed by atoms with Gasteiger partial charge in [-0.2, -0.15) is 0 Å². The molecule has 22 heavy (non-hydrogen) atoms. The molecule has 128 valence electrons. The van der Waals surface area contributed by atoms with E-state index in [2.05, 4.69) is 33.1 Å². The molecular formula is C15H23BrCl2F2N2. The SMILES string of the molecule is CCCC[C@@H](c1c(F)cc(Br)cc1F)N1CCNCC1.Cl.Cl. The maximum Gasteiger partial charge on any atom is 0.132 e. The van der Waals surface area contributed by atoms with Crippen LogP contribution in [0, 0.1) is 11.6 Å². The van der Waals surface area contributed by atoms with Crippen LogP contribution in [0.4, 0.5) is 8.78 Å². The molecule has 0 aliphatic carbocycles. The molecule has 2 nitrogen and oxygen atoms in total. The van der Waals surface area contributed by atoms with Gasteiger partial charge in [-0.15, -0.1) is 24.8 Å². The van der Waals surface area contributed by atoms with E-state index in [0.29, 0.717) is 4.47 Å². The molecule has 7 heteroatoms. The minimum Gasteiger partial charge on any atom is -0.314 e. The van der Waals surface area contributed by atoms with Gasteiger partial charge in [-0.3, -0.25) is 4.90 Å². The van der Waals surface area contributed by atoms with Crippen molar-refractivity contribution >= 4 is 40.7 Å². The predicted octanol–water partition coefficient (Wildman–Crippen LogP) is 4.71. The number of unbranched alkanes of at least 4 members (excludes halogenated alkanes) is 1. The highest BCUT2D eigenvalue weighted by Crippen LogP contribution is 2.32. The van der Waals surface area contributed by atoms with E-state index in [0.717, 1.165) is 45.4 Å². The van der Waals surface area contributed by atoms with Gasteiger partial charge in [0.25, 0.3) is 0 Å². The van der Waals surface area contributed by atoms with Gasteiger partial charge in [0.05, 0.1) is 0 Å². The quantitative estimate of drug-likeness (QED) is 0.743. The number of rotatable bonds is 5. The maximum atomic E-state index is 14.2.